The fraction of sp³-hybridized carbons (Fsp3) is 0.412. The predicted molar refractivity (Wildman–Crippen MR) is 89.5 cm³/mol. The number of thiazole rings is 1. The fourth-order valence-electron chi connectivity index (χ4n) is 3.06. The van der Waals surface area contributed by atoms with Crippen LogP contribution in [0.5, 0.6) is 0 Å². The van der Waals surface area contributed by atoms with Crippen molar-refractivity contribution in [1.29, 1.82) is 0 Å². The second-order valence-electron chi connectivity index (χ2n) is 5.90. The van der Waals surface area contributed by atoms with Crippen LogP contribution in [-0.2, 0) is 11.3 Å². The van der Waals surface area contributed by atoms with Crippen LogP contribution in [0.1, 0.15) is 48.5 Å². The molecule has 6 heteroatoms. The summed E-state index contributed by atoms with van der Waals surface area (Å²) in [7, 11) is 0. The Balaban J connectivity index is 1.68. The van der Waals surface area contributed by atoms with Gasteiger partial charge in [0.15, 0.2) is 0 Å². The van der Waals surface area contributed by atoms with E-state index in [0.29, 0.717) is 12.4 Å². The van der Waals surface area contributed by atoms with E-state index < -0.39 is 6.10 Å². The van der Waals surface area contributed by atoms with Crippen molar-refractivity contribution in [3.8, 4) is 0 Å². The summed E-state index contributed by atoms with van der Waals surface area (Å²) >= 11 is 1.66. The quantitative estimate of drug-likeness (QED) is 0.796. The third-order valence-corrected chi connectivity index (χ3v) is 5.14. The highest BCUT2D eigenvalue weighted by Crippen LogP contribution is 2.31. The van der Waals surface area contributed by atoms with E-state index in [-0.39, 0.29) is 6.10 Å². The Labute approximate surface area is 138 Å². The lowest BCUT2D eigenvalue weighted by atomic mass is 10.2. The molecule has 3 aromatic rings. The van der Waals surface area contributed by atoms with E-state index in [9.17, 15) is 5.11 Å². The summed E-state index contributed by atoms with van der Waals surface area (Å²) in [4.78, 5) is 9.29. The van der Waals surface area contributed by atoms with Gasteiger partial charge in [-0.1, -0.05) is 12.1 Å². The standard InChI is InChI=1S/C17H19N3O2S/c1-11(21)16-19-13-5-2-3-6-14(13)20(16)9-12-10-23-17(18-12)15-7-4-8-22-15/h2-3,5-6,10-11,15,21H,4,7-9H2,1H3/t11-,15-/m0/s1. The van der Waals surface area contributed by atoms with Gasteiger partial charge in [0.25, 0.3) is 0 Å². The lowest BCUT2D eigenvalue weighted by Gasteiger charge is -2.09. The highest BCUT2D eigenvalue weighted by Gasteiger charge is 2.22. The summed E-state index contributed by atoms with van der Waals surface area (Å²) in [6, 6.07) is 7.95. The Bertz CT molecular complexity index is 818. The number of aliphatic hydroxyl groups excluding tert-OH is 1. The molecule has 1 aromatic carbocycles. The number of rotatable bonds is 4. The molecule has 1 fully saturated rings. The number of ether oxygens (including phenoxy) is 1. The molecule has 2 atom stereocenters. The third-order valence-electron chi connectivity index (χ3n) is 4.15. The van der Waals surface area contributed by atoms with Gasteiger partial charge in [-0.05, 0) is 31.9 Å². The first kappa shape index (κ1) is 14.8. The number of nitrogens with zero attached hydrogens (tertiary/aromatic N) is 3. The number of benzene rings is 1. The van der Waals surface area contributed by atoms with Crippen molar-refractivity contribution >= 4 is 22.4 Å². The van der Waals surface area contributed by atoms with Crippen LogP contribution < -0.4 is 0 Å². The number of hydrogen-bond acceptors (Lipinski definition) is 5. The summed E-state index contributed by atoms with van der Waals surface area (Å²) in [6.45, 7) is 3.19. The van der Waals surface area contributed by atoms with Crippen LogP contribution in [0.25, 0.3) is 11.0 Å². The summed E-state index contributed by atoms with van der Waals surface area (Å²) in [5.74, 6) is 0.679. The van der Waals surface area contributed by atoms with Crippen LogP contribution in [0.4, 0.5) is 0 Å². The van der Waals surface area contributed by atoms with Gasteiger partial charge in [0, 0.05) is 12.0 Å². The minimum absolute atomic E-state index is 0.157. The van der Waals surface area contributed by atoms with Crippen LogP contribution in [0.2, 0.25) is 0 Å². The molecule has 5 nitrogen and oxygen atoms in total. The predicted octanol–water partition coefficient (Wildman–Crippen LogP) is 3.45. The average Bonchev–Trinajstić information content (AvgIpc) is 3.26. The molecule has 0 aliphatic carbocycles. The maximum atomic E-state index is 10.0. The Hall–Kier alpha value is -1.76. The summed E-state index contributed by atoms with van der Waals surface area (Å²) < 4.78 is 7.76. The molecule has 4 rings (SSSR count). The molecule has 2 aromatic heterocycles. The molecule has 1 aliphatic rings. The van der Waals surface area contributed by atoms with Crippen molar-refractivity contribution in [2.24, 2.45) is 0 Å². The van der Waals surface area contributed by atoms with Crippen molar-refractivity contribution in [2.45, 2.75) is 38.5 Å². The average molecular weight is 329 g/mol. The topological polar surface area (TPSA) is 60.2 Å². The molecule has 0 bridgehead atoms. The smallest absolute Gasteiger partial charge is 0.138 e. The van der Waals surface area contributed by atoms with E-state index in [2.05, 4.69) is 10.4 Å². The number of aromatic nitrogens is 3. The third kappa shape index (κ3) is 2.78. The molecule has 1 N–H and O–H groups in total. The molecule has 1 saturated heterocycles. The first-order chi connectivity index (χ1) is 11.2. The lowest BCUT2D eigenvalue weighted by molar-refractivity contribution is 0.111. The Morgan fingerprint density at radius 3 is 3.04 bits per heavy atom. The lowest BCUT2D eigenvalue weighted by Crippen LogP contribution is -2.08. The van der Waals surface area contributed by atoms with E-state index in [1.807, 2.05) is 28.8 Å². The second-order valence-corrected chi connectivity index (χ2v) is 6.79. The van der Waals surface area contributed by atoms with Gasteiger partial charge in [-0.25, -0.2) is 9.97 Å². The largest absolute Gasteiger partial charge is 0.385 e. The molecule has 3 heterocycles. The first-order valence-corrected chi connectivity index (χ1v) is 8.79. The number of hydrogen-bond donors (Lipinski definition) is 1. The normalized spacial score (nSPS) is 19.5. The number of imidazole rings is 1. The number of aliphatic hydroxyl groups is 1. The van der Waals surface area contributed by atoms with Crippen LogP contribution in [0, 0.1) is 0 Å². The molecule has 0 radical (unpaired) electrons. The maximum absolute atomic E-state index is 10.0. The molecule has 120 valence electrons. The van der Waals surface area contributed by atoms with Crippen molar-refractivity contribution in [3.63, 3.8) is 0 Å². The van der Waals surface area contributed by atoms with E-state index in [0.717, 1.165) is 41.2 Å². The van der Waals surface area contributed by atoms with Crippen LogP contribution in [0.3, 0.4) is 0 Å². The van der Waals surface area contributed by atoms with Gasteiger partial charge in [0.05, 0.1) is 23.3 Å². The molecular formula is C17H19N3O2S. The maximum Gasteiger partial charge on any atom is 0.138 e. The van der Waals surface area contributed by atoms with Gasteiger partial charge in [-0.2, -0.15) is 0 Å². The van der Waals surface area contributed by atoms with Crippen molar-refractivity contribution in [3.05, 3.63) is 46.2 Å². The fourth-order valence-corrected chi connectivity index (χ4v) is 3.95. The zero-order valence-electron chi connectivity index (χ0n) is 13.0. The van der Waals surface area contributed by atoms with Crippen molar-refractivity contribution in [1.82, 2.24) is 14.5 Å². The highest BCUT2D eigenvalue weighted by molar-refractivity contribution is 7.09. The monoisotopic (exact) mass is 329 g/mol. The summed E-state index contributed by atoms with van der Waals surface area (Å²) in [6.07, 6.45) is 1.71. The van der Waals surface area contributed by atoms with Crippen molar-refractivity contribution in [2.75, 3.05) is 6.61 Å². The first-order valence-electron chi connectivity index (χ1n) is 7.91. The minimum Gasteiger partial charge on any atom is -0.385 e. The van der Waals surface area contributed by atoms with Gasteiger partial charge in [-0.3, -0.25) is 0 Å². The van der Waals surface area contributed by atoms with E-state index in [1.165, 1.54) is 0 Å². The van der Waals surface area contributed by atoms with Crippen molar-refractivity contribution < 1.29 is 9.84 Å². The number of para-hydroxylation sites is 2. The Morgan fingerprint density at radius 2 is 2.26 bits per heavy atom. The summed E-state index contributed by atoms with van der Waals surface area (Å²) in [5, 5.41) is 13.2. The summed E-state index contributed by atoms with van der Waals surface area (Å²) in [5.41, 5.74) is 2.92. The zero-order chi connectivity index (χ0) is 15.8. The van der Waals surface area contributed by atoms with Gasteiger partial charge < -0.3 is 14.4 Å². The molecule has 0 unspecified atom stereocenters. The van der Waals surface area contributed by atoms with Gasteiger partial charge in [-0.15, -0.1) is 11.3 Å². The van der Waals surface area contributed by atoms with Crippen LogP contribution in [-0.4, -0.2) is 26.2 Å². The van der Waals surface area contributed by atoms with Crippen LogP contribution in [0.15, 0.2) is 29.6 Å². The minimum atomic E-state index is -0.612. The van der Waals surface area contributed by atoms with E-state index in [1.54, 1.807) is 18.3 Å². The molecule has 1 aliphatic heterocycles. The Kier molecular flexibility index (Phi) is 3.88. The van der Waals surface area contributed by atoms with Gasteiger partial charge in [0.1, 0.15) is 23.0 Å². The highest BCUT2D eigenvalue weighted by atomic mass is 32.1. The second kappa shape index (κ2) is 6.03. The molecule has 0 amide bonds. The van der Waals surface area contributed by atoms with Gasteiger partial charge in [0.2, 0.25) is 0 Å². The molecular weight excluding hydrogens is 310 g/mol. The zero-order valence-corrected chi connectivity index (χ0v) is 13.8. The molecule has 0 saturated carbocycles. The molecule has 23 heavy (non-hydrogen) atoms. The van der Waals surface area contributed by atoms with E-state index >= 15 is 0 Å². The molecule has 0 spiro atoms. The van der Waals surface area contributed by atoms with Crippen LogP contribution >= 0.6 is 11.3 Å². The number of fused-ring (bicyclic) bond motifs is 1. The Morgan fingerprint density at radius 1 is 1.39 bits per heavy atom. The SMILES string of the molecule is C[C@H](O)c1nc2ccccc2n1Cc1csc([C@@H]2CCCO2)n1. The van der Waals surface area contributed by atoms with E-state index in [4.69, 9.17) is 9.72 Å². The van der Waals surface area contributed by atoms with Gasteiger partial charge >= 0.3 is 0 Å².